The Balaban J connectivity index is 1.34. The van der Waals surface area contributed by atoms with Crippen LogP contribution >= 0.6 is 0 Å². The van der Waals surface area contributed by atoms with Gasteiger partial charge in [-0.3, -0.25) is 14.5 Å². The summed E-state index contributed by atoms with van der Waals surface area (Å²) in [6.45, 7) is 6.93. The minimum atomic E-state index is -0.161. The fourth-order valence-corrected chi connectivity index (χ4v) is 5.32. The van der Waals surface area contributed by atoms with Crippen molar-refractivity contribution in [3.05, 3.63) is 69.3 Å². The van der Waals surface area contributed by atoms with E-state index in [9.17, 15) is 9.59 Å². The Labute approximate surface area is 193 Å². The van der Waals surface area contributed by atoms with Crippen molar-refractivity contribution >= 4 is 22.5 Å². The van der Waals surface area contributed by atoms with E-state index in [1.165, 1.54) is 24.0 Å². The summed E-state index contributed by atoms with van der Waals surface area (Å²) in [6.07, 6.45) is 4.92. The maximum atomic E-state index is 12.4. The van der Waals surface area contributed by atoms with Crippen LogP contribution in [0.4, 0.5) is 5.69 Å². The van der Waals surface area contributed by atoms with Gasteiger partial charge in [-0.25, -0.2) is 4.98 Å². The predicted molar refractivity (Wildman–Crippen MR) is 131 cm³/mol. The second kappa shape index (κ2) is 8.63. The number of carbonyl (C=O) groups excluding carboxylic acids is 1. The van der Waals surface area contributed by atoms with Crippen LogP contribution in [0.1, 0.15) is 46.9 Å². The van der Waals surface area contributed by atoms with E-state index in [2.05, 4.69) is 44.1 Å². The minimum Gasteiger partial charge on any atom is -0.364 e. The molecule has 2 aromatic heterocycles. The third kappa shape index (κ3) is 3.80. The molecule has 0 radical (unpaired) electrons. The van der Waals surface area contributed by atoms with Gasteiger partial charge in [0.15, 0.2) is 0 Å². The first-order chi connectivity index (χ1) is 16.0. The Morgan fingerprint density at radius 1 is 1.15 bits per heavy atom. The molecule has 3 heterocycles. The molecule has 1 aliphatic heterocycles. The first kappa shape index (κ1) is 21.6. The molecule has 1 aliphatic carbocycles. The van der Waals surface area contributed by atoms with Crippen molar-refractivity contribution in [2.45, 2.75) is 51.7 Å². The molecule has 0 spiro atoms. The van der Waals surface area contributed by atoms with Crippen molar-refractivity contribution in [3.8, 4) is 0 Å². The molecule has 1 aromatic carbocycles. The third-order valence-electron chi connectivity index (χ3n) is 7.46. The Bertz CT molecular complexity index is 1250. The molecule has 0 unspecified atom stereocenters. The smallest absolute Gasteiger partial charge is 0.269 e. The molecule has 172 valence electrons. The van der Waals surface area contributed by atoms with Gasteiger partial charge in [0.05, 0.1) is 17.4 Å². The van der Waals surface area contributed by atoms with Crippen LogP contribution in [0.25, 0.3) is 10.9 Å². The number of fused-ring (bicyclic) bond motifs is 2. The zero-order chi connectivity index (χ0) is 23.1. The lowest BCUT2D eigenvalue weighted by Crippen LogP contribution is -2.64. The number of H-pyrrole nitrogens is 1. The fraction of sp³-hybridized carbons (Fsp3) is 0.423. The van der Waals surface area contributed by atoms with Gasteiger partial charge in [-0.15, -0.1) is 0 Å². The van der Waals surface area contributed by atoms with Crippen LogP contribution < -0.4 is 15.8 Å². The number of hydrogen-bond donors (Lipinski definition) is 2. The van der Waals surface area contributed by atoms with Crippen molar-refractivity contribution in [3.63, 3.8) is 0 Å². The number of aromatic nitrogens is 2. The Kier molecular flexibility index (Phi) is 5.66. The van der Waals surface area contributed by atoms with Crippen molar-refractivity contribution in [1.29, 1.82) is 0 Å². The van der Waals surface area contributed by atoms with Crippen LogP contribution in [0.2, 0.25) is 0 Å². The summed E-state index contributed by atoms with van der Waals surface area (Å²) in [5.74, 6) is -0.161. The number of carbonyl (C=O) groups is 1. The molecule has 1 saturated heterocycles. The maximum Gasteiger partial charge on any atom is 0.269 e. The van der Waals surface area contributed by atoms with E-state index in [-0.39, 0.29) is 11.5 Å². The van der Waals surface area contributed by atoms with Crippen molar-refractivity contribution < 1.29 is 4.79 Å². The monoisotopic (exact) mass is 445 g/mol. The van der Waals surface area contributed by atoms with Crippen molar-refractivity contribution in [2.75, 3.05) is 25.0 Å². The number of rotatable bonds is 5. The average molecular weight is 446 g/mol. The average Bonchev–Trinajstić information content (AvgIpc) is 2.81. The van der Waals surface area contributed by atoms with Crippen molar-refractivity contribution in [2.24, 2.45) is 0 Å². The number of piperazine rings is 1. The first-order valence-electron chi connectivity index (χ1n) is 11.8. The summed E-state index contributed by atoms with van der Waals surface area (Å²) in [5, 5.41) is 3.72. The zero-order valence-electron chi connectivity index (χ0n) is 19.5. The molecule has 7 nitrogen and oxygen atoms in total. The molecule has 2 atom stereocenters. The topological polar surface area (TPSA) is 81.3 Å². The van der Waals surface area contributed by atoms with E-state index >= 15 is 0 Å². The molecule has 3 aromatic rings. The van der Waals surface area contributed by atoms with Gasteiger partial charge in [-0.05, 0) is 60.9 Å². The second-order valence-corrected chi connectivity index (χ2v) is 9.15. The first-order valence-corrected chi connectivity index (χ1v) is 11.8. The van der Waals surface area contributed by atoms with Crippen molar-refractivity contribution in [1.82, 2.24) is 20.2 Å². The Morgan fingerprint density at radius 2 is 1.97 bits per heavy atom. The van der Waals surface area contributed by atoms with E-state index in [1.807, 2.05) is 25.3 Å². The van der Waals surface area contributed by atoms with Crippen LogP contribution in [0.5, 0.6) is 0 Å². The van der Waals surface area contributed by atoms with Crippen LogP contribution in [0.3, 0.4) is 0 Å². The van der Waals surface area contributed by atoms with Gasteiger partial charge in [0.25, 0.3) is 11.5 Å². The highest BCUT2D eigenvalue weighted by molar-refractivity contribution is 5.92. The SMILES string of the molecule is CCc1cc2ccc(CN3CCN(c4ccc(C(=O)NC)nc4)[C@@H]4CC[C@@H]43)c(C)c2[nH]c1=O. The Hall–Kier alpha value is -3.19. The number of benzene rings is 1. The molecular weight excluding hydrogens is 414 g/mol. The normalized spacial score (nSPS) is 20.4. The summed E-state index contributed by atoms with van der Waals surface area (Å²) in [7, 11) is 1.62. The lowest BCUT2D eigenvalue weighted by molar-refractivity contribution is 0.0658. The minimum absolute atomic E-state index is 0.0222. The van der Waals surface area contributed by atoms with Gasteiger partial charge in [0, 0.05) is 44.3 Å². The largest absolute Gasteiger partial charge is 0.364 e. The summed E-state index contributed by atoms with van der Waals surface area (Å²) in [6, 6.07) is 11.2. The predicted octanol–water partition coefficient (Wildman–Crippen LogP) is 3.01. The molecular formula is C26H31N5O2. The van der Waals surface area contributed by atoms with E-state index in [0.717, 1.165) is 48.2 Å². The molecule has 0 bridgehead atoms. The van der Waals surface area contributed by atoms with Gasteiger partial charge >= 0.3 is 0 Å². The van der Waals surface area contributed by atoms with Gasteiger partial charge in [-0.2, -0.15) is 0 Å². The van der Waals surface area contributed by atoms with Crippen LogP contribution in [-0.2, 0) is 13.0 Å². The van der Waals surface area contributed by atoms with Gasteiger partial charge in [0.1, 0.15) is 5.69 Å². The lowest BCUT2D eigenvalue weighted by Gasteiger charge is -2.55. The second-order valence-electron chi connectivity index (χ2n) is 9.15. The lowest BCUT2D eigenvalue weighted by atomic mass is 9.81. The van der Waals surface area contributed by atoms with E-state index in [4.69, 9.17) is 0 Å². The van der Waals surface area contributed by atoms with E-state index in [0.29, 0.717) is 17.8 Å². The molecule has 2 N–H and O–H groups in total. The third-order valence-corrected chi connectivity index (χ3v) is 7.46. The van der Waals surface area contributed by atoms with Gasteiger partial charge < -0.3 is 15.2 Å². The number of nitrogens with one attached hydrogen (secondary N) is 2. The standard InChI is InChI=1S/C26H31N5O2/c1-4-17-13-18-5-6-19(16(2)24(18)29-25(17)32)15-30-11-12-31(23-10-9-22(23)30)20-7-8-21(28-14-20)26(33)27-3/h5-8,13-14,22-23H,4,9-12,15H2,1-3H3,(H,27,33)(H,29,32)/t22-,23+/m0/s1. The molecule has 33 heavy (non-hydrogen) atoms. The molecule has 1 amide bonds. The number of aromatic amines is 1. The quantitative estimate of drug-likeness (QED) is 0.631. The van der Waals surface area contributed by atoms with Crippen LogP contribution in [-0.4, -0.2) is 53.0 Å². The number of amides is 1. The van der Waals surface area contributed by atoms with Crippen LogP contribution in [0, 0.1) is 6.92 Å². The number of aryl methyl sites for hydroxylation is 2. The maximum absolute atomic E-state index is 12.4. The highest BCUT2D eigenvalue weighted by atomic mass is 16.1. The molecule has 5 rings (SSSR count). The number of anilines is 1. The fourth-order valence-electron chi connectivity index (χ4n) is 5.32. The van der Waals surface area contributed by atoms with E-state index < -0.39 is 0 Å². The number of nitrogens with zero attached hydrogens (tertiary/aromatic N) is 3. The summed E-state index contributed by atoms with van der Waals surface area (Å²) in [5.41, 5.74) is 5.79. The number of hydrogen-bond acceptors (Lipinski definition) is 5. The highest BCUT2D eigenvalue weighted by Crippen LogP contribution is 2.37. The molecule has 2 aliphatic rings. The highest BCUT2D eigenvalue weighted by Gasteiger charge is 2.43. The van der Waals surface area contributed by atoms with Gasteiger partial charge in [0.2, 0.25) is 0 Å². The zero-order valence-corrected chi connectivity index (χ0v) is 19.5. The Morgan fingerprint density at radius 3 is 2.64 bits per heavy atom. The summed E-state index contributed by atoms with van der Waals surface area (Å²) >= 11 is 0. The summed E-state index contributed by atoms with van der Waals surface area (Å²) in [4.78, 5) is 36.7. The molecule has 1 saturated carbocycles. The van der Waals surface area contributed by atoms with Gasteiger partial charge in [-0.1, -0.05) is 19.1 Å². The summed E-state index contributed by atoms with van der Waals surface area (Å²) < 4.78 is 0. The number of pyridine rings is 2. The van der Waals surface area contributed by atoms with E-state index in [1.54, 1.807) is 13.1 Å². The van der Waals surface area contributed by atoms with Crippen LogP contribution in [0.15, 0.2) is 41.3 Å². The molecule has 7 heteroatoms. The molecule has 2 fully saturated rings.